The monoisotopic (exact) mass is 878 g/mol. The van der Waals surface area contributed by atoms with Gasteiger partial charge in [-0.1, -0.05) is 30.3 Å². The van der Waals surface area contributed by atoms with Crippen LogP contribution >= 0.6 is 0 Å². The van der Waals surface area contributed by atoms with Gasteiger partial charge in [0.05, 0.1) is 0 Å². The first-order valence-electron chi connectivity index (χ1n) is 20.1. The molecule has 3 heterocycles. The number of aromatic amines is 1. The lowest BCUT2D eigenvalue weighted by atomic mass is 9.81. The summed E-state index contributed by atoms with van der Waals surface area (Å²) in [7, 11) is 0. The molecular formula is C42H49F3N10O8. The van der Waals surface area contributed by atoms with Crippen LogP contribution in [0.25, 0.3) is 22.5 Å². The number of primary amides is 1. The van der Waals surface area contributed by atoms with Gasteiger partial charge in [0.25, 0.3) is 5.91 Å². The molecule has 0 spiro atoms. The van der Waals surface area contributed by atoms with Crippen molar-refractivity contribution in [3.63, 3.8) is 0 Å². The van der Waals surface area contributed by atoms with Gasteiger partial charge in [-0.05, 0) is 112 Å². The number of hydrogen-bond acceptors (Lipinski definition) is 11. The minimum atomic E-state index is -5.08. The van der Waals surface area contributed by atoms with Crippen LogP contribution < -0.4 is 26.6 Å². The second-order valence-corrected chi connectivity index (χ2v) is 16.1. The number of rotatable bonds is 12. The van der Waals surface area contributed by atoms with Gasteiger partial charge < -0.3 is 31.5 Å². The number of H-pyrrole nitrogens is 1. The molecule has 0 radical (unpaired) electrons. The number of hydrogen-bond donors (Lipinski definition) is 6. The number of tetrazole rings is 1. The van der Waals surface area contributed by atoms with Crippen LogP contribution in [0.2, 0.25) is 0 Å². The maximum Gasteiger partial charge on any atom is 0.490 e. The number of halogens is 3. The van der Waals surface area contributed by atoms with E-state index in [4.69, 9.17) is 20.4 Å². The number of anilines is 1. The van der Waals surface area contributed by atoms with Crippen LogP contribution in [0.15, 0.2) is 60.7 Å². The number of amides is 5. The number of aliphatic carboxylic acids is 1. The highest BCUT2D eigenvalue weighted by Crippen LogP contribution is 2.33. The summed E-state index contributed by atoms with van der Waals surface area (Å²) in [6.07, 6.45) is -2.25. The van der Waals surface area contributed by atoms with Crippen molar-refractivity contribution in [2.75, 3.05) is 18.0 Å². The first kappa shape index (κ1) is 47.1. The molecule has 63 heavy (non-hydrogen) atoms. The molecule has 4 aromatic rings. The number of ether oxygens (including phenoxy) is 1. The van der Waals surface area contributed by atoms with Crippen LogP contribution in [0.3, 0.4) is 0 Å². The Bertz CT molecular complexity index is 2260. The third kappa shape index (κ3) is 13.0. The molecule has 2 fully saturated rings. The molecule has 1 saturated heterocycles. The van der Waals surface area contributed by atoms with Crippen LogP contribution in [0.1, 0.15) is 74.6 Å². The summed E-state index contributed by atoms with van der Waals surface area (Å²) in [5.74, 6) is -4.00. The fraction of sp³-hybridized carbons (Fsp3) is 0.429. The lowest BCUT2D eigenvalue weighted by Gasteiger charge is -2.36. The summed E-state index contributed by atoms with van der Waals surface area (Å²) in [5.41, 5.74) is 9.97. The number of benzene rings is 2. The van der Waals surface area contributed by atoms with E-state index in [1.165, 1.54) is 4.90 Å². The highest BCUT2D eigenvalue weighted by molar-refractivity contribution is 6.02. The van der Waals surface area contributed by atoms with Crippen molar-refractivity contribution in [3.05, 3.63) is 77.6 Å². The predicted molar refractivity (Wildman–Crippen MR) is 220 cm³/mol. The molecule has 1 saturated carbocycles. The molecule has 6 rings (SSSR count). The maximum absolute atomic E-state index is 14.5. The molecule has 21 heteroatoms. The normalized spacial score (nSPS) is 17.9. The number of aryl methyl sites for hydroxylation is 1. The van der Waals surface area contributed by atoms with Crippen molar-refractivity contribution in [1.29, 1.82) is 0 Å². The summed E-state index contributed by atoms with van der Waals surface area (Å²) < 4.78 is 37.1. The van der Waals surface area contributed by atoms with Crippen molar-refractivity contribution in [3.8, 4) is 22.5 Å². The zero-order valence-electron chi connectivity index (χ0n) is 35.0. The van der Waals surface area contributed by atoms with E-state index >= 15 is 0 Å². The summed E-state index contributed by atoms with van der Waals surface area (Å²) >= 11 is 0. The number of nitrogens with zero attached hydrogens (tertiary/aromatic N) is 5. The Morgan fingerprint density at radius 2 is 1.57 bits per heavy atom. The van der Waals surface area contributed by atoms with E-state index in [2.05, 4.69) is 41.6 Å². The number of alkyl carbamates (subject to hydrolysis) is 1. The molecule has 7 N–H and O–H groups in total. The van der Waals surface area contributed by atoms with E-state index in [0.29, 0.717) is 55.1 Å². The Morgan fingerprint density at radius 1 is 0.937 bits per heavy atom. The molecule has 2 aromatic heterocycles. The minimum Gasteiger partial charge on any atom is -0.475 e. The third-order valence-corrected chi connectivity index (χ3v) is 10.4. The first-order valence-corrected chi connectivity index (χ1v) is 20.1. The van der Waals surface area contributed by atoms with E-state index in [0.717, 1.165) is 29.5 Å². The molecule has 18 nitrogen and oxygen atoms in total. The van der Waals surface area contributed by atoms with Gasteiger partial charge in [-0.25, -0.2) is 14.6 Å². The van der Waals surface area contributed by atoms with E-state index in [9.17, 15) is 37.1 Å². The Balaban J connectivity index is 0.000000985. The van der Waals surface area contributed by atoms with E-state index < -0.39 is 47.7 Å². The molecular weight excluding hydrogens is 830 g/mol. The highest BCUT2D eigenvalue weighted by Gasteiger charge is 2.39. The van der Waals surface area contributed by atoms with Crippen LogP contribution in [0.5, 0.6) is 0 Å². The molecule has 2 atom stereocenters. The third-order valence-electron chi connectivity index (χ3n) is 10.4. The van der Waals surface area contributed by atoms with E-state index in [-0.39, 0.29) is 35.8 Å². The second-order valence-electron chi connectivity index (χ2n) is 16.1. The number of nitrogens with one attached hydrogen (secondary N) is 4. The Morgan fingerprint density at radius 3 is 2.10 bits per heavy atom. The molecule has 1 aliphatic heterocycles. The van der Waals surface area contributed by atoms with Crippen molar-refractivity contribution < 1.29 is 51.8 Å². The fourth-order valence-corrected chi connectivity index (χ4v) is 7.19. The van der Waals surface area contributed by atoms with Gasteiger partial charge in [0, 0.05) is 47.9 Å². The van der Waals surface area contributed by atoms with Gasteiger partial charge in [-0.15, -0.1) is 10.2 Å². The standard InChI is InChI=1S/C40H48N10O6.C2HF3O2/c1-23-30(17-18-31(44-23)37(53)45-32-19-20-42-36(32)52)26-9-5-24(6-10-26)21-33(34(41)51)50(29-15-13-27(14-16-29)35-46-48-49-47-35)38(54)28-11-7-25(8-12-28)22-43-39(55)56-40(2,3)4;3-2(4,5)1(6)7/h5-6,9-10,13-18,25,28,32-33H,7-8,11-12,19-22H2,1-4H3,(H2,41,51)(H,42,52)(H,43,55)(H,45,53)(H,46,47,48,49);(H,6,7)/t25-,28-,32-,33+;/m1./s1. The van der Waals surface area contributed by atoms with Gasteiger partial charge in [0.2, 0.25) is 23.5 Å². The molecule has 1 aliphatic carbocycles. The molecule has 2 aromatic carbocycles. The summed E-state index contributed by atoms with van der Waals surface area (Å²) in [5, 5.41) is 29.5. The highest BCUT2D eigenvalue weighted by atomic mass is 19.4. The van der Waals surface area contributed by atoms with E-state index in [1.807, 2.05) is 58.0 Å². The van der Waals surface area contributed by atoms with Gasteiger partial charge >= 0.3 is 18.2 Å². The van der Waals surface area contributed by atoms with Crippen LogP contribution in [-0.2, 0) is 30.3 Å². The number of alkyl halides is 3. The Hall–Kier alpha value is -6.93. The zero-order chi connectivity index (χ0) is 46.1. The van der Waals surface area contributed by atoms with Crippen molar-refractivity contribution in [2.45, 2.75) is 90.1 Å². The second kappa shape index (κ2) is 20.3. The average Bonchev–Trinajstić information content (AvgIpc) is 3.92. The lowest BCUT2D eigenvalue weighted by Crippen LogP contribution is -2.52. The van der Waals surface area contributed by atoms with Gasteiger partial charge in [0.15, 0.2) is 0 Å². The topological polar surface area (TPSA) is 265 Å². The van der Waals surface area contributed by atoms with Crippen molar-refractivity contribution in [2.24, 2.45) is 17.6 Å². The van der Waals surface area contributed by atoms with Gasteiger partial charge in [-0.3, -0.25) is 24.1 Å². The maximum atomic E-state index is 14.5. The van der Waals surface area contributed by atoms with Crippen molar-refractivity contribution in [1.82, 2.24) is 41.6 Å². The molecule has 2 aliphatic rings. The lowest BCUT2D eigenvalue weighted by molar-refractivity contribution is -0.192. The summed E-state index contributed by atoms with van der Waals surface area (Å²) in [6.45, 7) is 8.22. The number of pyridine rings is 1. The minimum absolute atomic E-state index is 0.161. The number of aromatic nitrogens is 5. The smallest absolute Gasteiger partial charge is 0.475 e. The largest absolute Gasteiger partial charge is 0.490 e. The van der Waals surface area contributed by atoms with Gasteiger partial charge in [-0.2, -0.15) is 18.4 Å². The Labute approximate surface area is 359 Å². The number of carboxylic acids is 1. The van der Waals surface area contributed by atoms with Crippen molar-refractivity contribution >= 4 is 41.4 Å². The number of carbonyl (C=O) groups is 6. The quantitative estimate of drug-likeness (QED) is 0.117. The van der Waals surface area contributed by atoms with Crippen LogP contribution in [-0.4, -0.2) is 103 Å². The molecule has 0 bridgehead atoms. The fourth-order valence-electron chi connectivity index (χ4n) is 7.19. The van der Waals surface area contributed by atoms with Crippen LogP contribution in [0.4, 0.5) is 23.7 Å². The average molecular weight is 879 g/mol. The summed E-state index contributed by atoms with van der Waals surface area (Å²) in [4.78, 5) is 79.6. The number of nitrogens with two attached hydrogens (primary N) is 1. The Kier molecular flexibility index (Phi) is 15.2. The van der Waals surface area contributed by atoms with Gasteiger partial charge in [0.1, 0.15) is 23.4 Å². The van der Waals surface area contributed by atoms with E-state index in [1.54, 1.807) is 30.3 Å². The summed E-state index contributed by atoms with van der Waals surface area (Å²) in [6, 6.07) is 16.5. The molecule has 0 unspecified atom stereocenters. The zero-order valence-corrected chi connectivity index (χ0v) is 35.0. The number of carbonyl (C=O) groups excluding carboxylic acids is 5. The molecule has 336 valence electrons. The SMILES string of the molecule is Cc1nc(C(=O)N[C@@H]2CCNC2=O)ccc1-c1ccc(C[C@@H](C(N)=O)N(c2ccc(-c3nn[nH]n3)cc2)C(=O)[C@H]2CC[C@H](CNC(=O)OC(C)(C)C)CC2)cc1.O=C(O)C(F)(F)F. The van der Waals surface area contributed by atoms with Crippen LogP contribution in [0, 0.1) is 18.8 Å². The molecule has 5 amide bonds. The number of carboxylic acid groups (broad SMARTS) is 1. The first-order chi connectivity index (χ1) is 29.7. The predicted octanol–water partition coefficient (Wildman–Crippen LogP) is 4.25.